The maximum Gasteiger partial charge on any atom is 0.534 e. The molecular weight excluding hydrogens is 493 g/mol. The fraction of sp³-hybridized carbons (Fsp3) is 0.333. The first-order valence-electron chi connectivity index (χ1n) is 11.8. The van der Waals surface area contributed by atoms with Crippen LogP contribution in [0.4, 0.5) is 13.2 Å². The van der Waals surface area contributed by atoms with E-state index >= 15 is 0 Å². The van der Waals surface area contributed by atoms with Gasteiger partial charge in [-0.1, -0.05) is 63.1 Å². The van der Waals surface area contributed by atoms with Crippen LogP contribution in [0.2, 0.25) is 0 Å². The van der Waals surface area contributed by atoms with E-state index in [1.165, 1.54) is 12.1 Å². The summed E-state index contributed by atoms with van der Waals surface area (Å²) in [7, 11) is -5.87. The number of halogens is 3. The third-order valence-corrected chi connectivity index (χ3v) is 6.32. The largest absolute Gasteiger partial charge is 0.534 e. The highest BCUT2D eigenvalue weighted by molar-refractivity contribution is 7.88. The summed E-state index contributed by atoms with van der Waals surface area (Å²) in [6.45, 7) is 5.22. The van der Waals surface area contributed by atoms with E-state index in [1.807, 2.05) is 6.92 Å². The lowest BCUT2D eigenvalue weighted by Crippen LogP contribution is -2.28. The van der Waals surface area contributed by atoms with Crippen molar-refractivity contribution in [3.05, 3.63) is 66.7 Å². The Morgan fingerprint density at radius 2 is 1.22 bits per heavy atom. The minimum absolute atomic E-state index is 0.213. The molecule has 9 heteroatoms. The molecule has 0 spiro atoms. The van der Waals surface area contributed by atoms with E-state index in [4.69, 9.17) is 9.47 Å². The van der Waals surface area contributed by atoms with Crippen molar-refractivity contribution in [3.63, 3.8) is 0 Å². The molecule has 0 saturated heterocycles. The predicted molar refractivity (Wildman–Crippen MR) is 134 cm³/mol. The van der Waals surface area contributed by atoms with Crippen molar-refractivity contribution < 1.29 is 35.2 Å². The van der Waals surface area contributed by atoms with Gasteiger partial charge in [-0.25, -0.2) is 0 Å². The zero-order valence-electron chi connectivity index (χ0n) is 20.2. The molecule has 0 aliphatic rings. The maximum absolute atomic E-state index is 13.1. The van der Waals surface area contributed by atoms with Gasteiger partial charge >= 0.3 is 15.6 Å². The van der Waals surface area contributed by atoms with Gasteiger partial charge in [-0.15, -0.1) is 0 Å². The minimum atomic E-state index is -5.87. The molecule has 0 radical (unpaired) electrons. The molecule has 3 aromatic carbocycles. The fourth-order valence-electron chi connectivity index (χ4n) is 3.42. The molecule has 5 nitrogen and oxygen atoms in total. The SMILES string of the molecule is CCCCOc1ccc(-c2cccc(OS(=O)(=O)C(F)(F)F)c2-c2ccc(OCCCC)cc2)cc1. The predicted octanol–water partition coefficient (Wildman–Crippen LogP) is 7.61. The Balaban J connectivity index is 2.04. The third-order valence-electron chi connectivity index (χ3n) is 5.35. The van der Waals surface area contributed by atoms with Gasteiger partial charge < -0.3 is 13.7 Å². The van der Waals surface area contributed by atoms with Crippen molar-refractivity contribution in [3.8, 4) is 39.5 Å². The zero-order valence-corrected chi connectivity index (χ0v) is 21.0. The summed E-state index contributed by atoms with van der Waals surface area (Å²) in [6, 6.07) is 18.1. The molecule has 0 atom stereocenters. The Kier molecular flexibility index (Phi) is 9.25. The van der Waals surface area contributed by atoms with Crippen LogP contribution in [0, 0.1) is 0 Å². The van der Waals surface area contributed by atoms with Crippen molar-refractivity contribution in [2.24, 2.45) is 0 Å². The Labute approximate surface area is 210 Å². The summed E-state index contributed by atoms with van der Waals surface area (Å²) in [5.74, 6) is 0.839. The highest BCUT2D eigenvalue weighted by atomic mass is 32.2. The number of unbranched alkanes of at least 4 members (excludes halogenated alkanes) is 2. The van der Waals surface area contributed by atoms with E-state index in [9.17, 15) is 21.6 Å². The van der Waals surface area contributed by atoms with Crippen LogP contribution in [0.15, 0.2) is 66.7 Å². The van der Waals surface area contributed by atoms with E-state index < -0.39 is 21.4 Å². The van der Waals surface area contributed by atoms with Crippen LogP contribution in [0.3, 0.4) is 0 Å². The van der Waals surface area contributed by atoms with E-state index in [0.717, 1.165) is 25.7 Å². The van der Waals surface area contributed by atoms with E-state index in [1.54, 1.807) is 54.6 Å². The molecule has 0 amide bonds. The fourth-order valence-corrected chi connectivity index (χ4v) is 3.89. The lowest BCUT2D eigenvalue weighted by molar-refractivity contribution is -0.0499. The van der Waals surface area contributed by atoms with Gasteiger partial charge in [0.15, 0.2) is 5.75 Å². The van der Waals surface area contributed by atoms with Crippen LogP contribution in [0.1, 0.15) is 39.5 Å². The van der Waals surface area contributed by atoms with Crippen LogP contribution in [0.5, 0.6) is 17.2 Å². The average molecular weight is 523 g/mol. The number of rotatable bonds is 12. The Morgan fingerprint density at radius 1 is 0.722 bits per heavy atom. The molecule has 0 fully saturated rings. The molecule has 0 aliphatic heterocycles. The summed E-state index contributed by atoms with van der Waals surface area (Å²) in [4.78, 5) is 0. The van der Waals surface area contributed by atoms with E-state index in [2.05, 4.69) is 11.1 Å². The lowest BCUT2D eigenvalue weighted by atomic mass is 9.93. The van der Waals surface area contributed by atoms with Crippen molar-refractivity contribution in [1.29, 1.82) is 0 Å². The summed E-state index contributed by atoms with van der Waals surface area (Å²) < 4.78 is 79.0. The van der Waals surface area contributed by atoms with Crippen molar-refractivity contribution >= 4 is 10.1 Å². The standard InChI is InChI=1S/C27H29F3O5S/c1-3-5-18-33-22-14-10-20(11-15-22)24-8-7-9-25(35-36(31,32)27(28,29)30)26(24)21-12-16-23(17-13-21)34-19-6-4-2/h7-17H,3-6,18-19H2,1-2H3. The van der Waals surface area contributed by atoms with Crippen LogP contribution < -0.4 is 13.7 Å². The summed E-state index contributed by atoms with van der Waals surface area (Å²) in [6.07, 6.45) is 3.77. The van der Waals surface area contributed by atoms with E-state index in [-0.39, 0.29) is 5.56 Å². The van der Waals surface area contributed by atoms with Gasteiger partial charge in [-0.3, -0.25) is 0 Å². The van der Waals surface area contributed by atoms with Gasteiger partial charge in [0.1, 0.15) is 11.5 Å². The minimum Gasteiger partial charge on any atom is -0.494 e. The molecule has 0 bridgehead atoms. The average Bonchev–Trinajstić information content (AvgIpc) is 2.84. The monoisotopic (exact) mass is 522 g/mol. The molecule has 0 heterocycles. The first kappa shape index (κ1) is 27.4. The lowest BCUT2D eigenvalue weighted by Gasteiger charge is -2.17. The van der Waals surface area contributed by atoms with Crippen LogP contribution >= 0.6 is 0 Å². The summed E-state index contributed by atoms with van der Waals surface area (Å²) >= 11 is 0. The van der Waals surface area contributed by atoms with Crippen LogP contribution in [0.25, 0.3) is 22.3 Å². The topological polar surface area (TPSA) is 61.8 Å². The normalized spacial score (nSPS) is 11.8. The smallest absolute Gasteiger partial charge is 0.494 e. The van der Waals surface area contributed by atoms with Gasteiger partial charge in [0.05, 0.1) is 13.2 Å². The van der Waals surface area contributed by atoms with Gasteiger partial charge in [0.2, 0.25) is 0 Å². The van der Waals surface area contributed by atoms with Crippen molar-refractivity contribution in [2.45, 2.75) is 45.0 Å². The number of hydrogen-bond acceptors (Lipinski definition) is 5. The highest BCUT2D eigenvalue weighted by Crippen LogP contribution is 2.42. The molecule has 0 aliphatic carbocycles. The Hall–Kier alpha value is -3.20. The quantitative estimate of drug-likeness (QED) is 0.139. The number of hydrogen-bond donors (Lipinski definition) is 0. The second-order valence-corrected chi connectivity index (χ2v) is 9.65. The first-order chi connectivity index (χ1) is 17.2. The summed E-state index contributed by atoms with van der Waals surface area (Å²) in [5, 5.41) is 0. The second-order valence-electron chi connectivity index (χ2n) is 8.11. The van der Waals surface area contributed by atoms with Gasteiger partial charge in [-0.2, -0.15) is 21.6 Å². The molecule has 0 N–H and O–H groups in total. The first-order valence-corrected chi connectivity index (χ1v) is 13.2. The number of benzene rings is 3. The molecule has 3 rings (SSSR count). The Morgan fingerprint density at radius 3 is 1.69 bits per heavy atom. The van der Waals surface area contributed by atoms with Crippen LogP contribution in [-0.2, 0) is 10.1 Å². The molecule has 0 saturated carbocycles. The maximum atomic E-state index is 13.1. The summed E-state index contributed by atoms with van der Waals surface area (Å²) in [5.41, 5.74) is -3.71. The molecule has 36 heavy (non-hydrogen) atoms. The van der Waals surface area contributed by atoms with Crippen LogP contribution in [-0.4, -0.2) is 27.1 Å². The van der Waals surface area contributed by atoms with Gasteiger partial charge in [-0.05, 0) is 59.9 Å². The Bertz CT molecular complexity index is 1220. The number of ether oxygens (including phenoxy) is 2. The van der Waals surface area contributed by atoms with Crippen molar-refractivity contribution in [2.75, 3.05) is 13.2 Å². The molecular formula is C27H29F3O5S. The zero-order chi connectivity index (χ0) is 26.2. The second kappa shape index (κ2) is 12.2. The van der Waals surface area contributed by atoms with Crippen molar-refractivity contribution in [1.82, 2.24) is 0 Å². The highest BCUT2D eigenvalue weighted by Gasteiger charge is 2.49. The number of alkyl halides is 3. The molecule has 3 aromatic rings. The molecule has 0 aromatic heterocycles. The molecule has 194 valence electrons. The van der Waals surface area contributed by atoms with E-state index in [0.29, 0.717) is 41.4 Å². The van der Waals surface area contributed by atoms with Gasteiger partial charge in [0.25, 0.3) is 0 Å². The third kappa shape index (κ3) is 6.94. The van der Waals surface area contributed by atoms with Gasteiger partial charge in [0, 0.05) is 5.56 Å². The molecule has 0 unspecified atom stereocenters.